The molecule has 30 heavy (non-hydrogen) atoms. The van der Waals surface area contributed by atoms with Gasteiger partial charge >= 0.3 is 0 Å². The minimum absolute atomic E-state index is 0.0408. The number of carbonyl (C=O) groups excluding carboxylic acids is 2. The van der Waals surface area contributed by atoms with Gasteiger partial charge in [0.2, 0.25) is 0 Å². The minimum Gasteiger partial charge on any atom is -0.381 e. The van der Waals surface area contributed by atoms with Crippen LogP contribution in [0.1, 0.15) is 47.4 Å². The number of ketones is 1. The van der Waals surface area contributed by atoms with E-state index in [1.807, 2.05) is 38.0 Å². The lowest BCUT2D eigenvalue weighted by Gasteiger charge is -2.41. The monoisotopic (exact) mass is 416 g/mol. The fourth-order valence-electron chi connectivity index (χ4n) is 5.28. The number of ether oxygens (including phenoxy) is 1. The molecule has 3 aliphatic heterocycles. The van der Waals surface area contributed by atoms with E-state index in [2.05, 4.69) is 0 Å². The van der Waals surface area contributed by atoms with Crippen LogP contribution in [0.4, 0.5) is 0 Å². The third-order valence-corrected chi connectivity index (χ3v) is 6.85. The molecule has 3 aliphatic rings. The minimum atomic E-state index is -0.931. The maximum Gasteiger partial charge on any atom is 0.262 e. The first kappa shape index (κ1) is 21.4. The highest BCUT2D eigenvalue weighted by Gasteiger charge is 2.61. The fraction of sp³-hybridized carbons (Fsp3) is 0.652. The second-order valence-corrected chi connectivity index (χ2v) is 8.91. The highest BCUT2D eigenvalue weighted by atomic mass is 16.7. The van der Waals surface area contributed by atoms with E-state index in [-0.39, 0.29) is 17.6 Å². The molecule has 0 aliphatic carbocycles. The number of hydroxylamine groups is 4. The Balaban J connectivity index is 1.68. The van der Waals surface area contributed by atoms with E-state index in [0.717, 1.165) is 35.3 Å². The number of hydrogen-bond donors (Lipinski definition) is 0. The van der Waals surface area contributed by atoms with Crippen molar-refractivity contribution in [3.8, 4) is 0 Å². The lowest BCUT2D eigenvalue weighted by molar-refractivity contribution is -0.234. The van der Waals surface area contributed by atoms with Gasteiger partial charge in [0.05, 0.1) is 20.3 Å². The Morgan fingerprint density at radius 2 is 1.80 bits per heavy atom. The van der Waals surface area contributed by atoms with Gasteiger partial charge in [0.1, 0.15) is 11.5 Å². The smallest absolute Gasteiger partial charge is 0.262 e. The maximum absolute atomic E-state index is 13.9. The van der Waals surface area contributed by atoms with Crippen LogP contribution in [0, 0.1) is 26.7 Å². The van der Waals surface area contributed by atoms with E-state index < -0.39 is 11.5 Å². The van der Waals surface area contributed by atoms with Crippen molar-refractivity contribution in [2.75, 3.05) is 40.0 Å². The molecule has 3 fully saturated rings. The van der Waals surface area contributed by atoms with E-state index >= 15 is 0 Å². The number of amides is 1. The van der Waals surface area contributed by atoms with Gasteiger partial charge in [0.15, 0.2) is 5.78 Å². The van der Waals surface area contributed by atoms with Crippen molar-refractivity contribution < 1.29 is 24.0 Å². The summed E-state index contributed by atoms with van der Waals surface area (Å²) in [7, 11) is 1.63. The van der Waals surface area contributed by atoms with E-state index in [0.29, 0.717) is 39.1 Å². The largest absolute Gasteiger partial charge is 0.381 e. The number of rotatable bonds is 5. The highest BCUT2D eigenvalue weighted by molar-refractivity contribution is 6.17. The summed E-state index contributed by atoms with van der Waals surface area (Å²) in [5.41, 5.74) is 2.99. The quantitative estimate of drug-likeness (QED) is 0.687. The van der Waals surface area contributed by atoms with Gasteiger partial charge in [0, 0.05) is 25.6 Å². The Bertz CT molecular complexity index is 802. The first-order valence-electron chi connectivity index (χ1n) is 10.8. The molecular formula is C23H32N2O5. The molecule has 4 rings (SSSR count). The van der Waals surface area contributed by atoms with Crippen molar-refractivity contribution in [3.63, 3.8) is 0 Å². The molecule has 3 saturated heterocycles. The molecule has 0 N–H and O–H groups in total. The number of Topliss-reactive ketones (excluding diaryl/α,β-unsaturated/α-hetero) is 1. The normalized spacial score (nSPS) is 26.9. The number of nitrogens with zero attached hydrogens (tertiary/aromatic N) is 2. The van der Waals surface area contributed by atoms with Crippen molar-refractivity contribution in [2.24, 2.45) is 5.92 Å². The Labute approximate surface area is 178 Å². The number of carbonyl (C=O) groups is 2. The zero-order valence-corrected chi connectivity index (χ0v) is 18.4. The predicted octanol–water partition coefficient (Wildman–Crippen LogP) is 2.47. The molecule has 1 amide bonds. The molecule has 1 aromatic rings. The summed E-state index contributed by atoms with van der Waals surface area (Å²) < 4.78 is 5.45. The van der Waals surface area contributed by atoms with Gasteiger partial charge in [-0.05, 0) is 56.7 Å². The molecule has 7 heteroatoms. The predicted molar refractivity (Wildman–Crippen MR) is 111 cm³/mol. The van der Waals surface area contributed by atoms with Gasteiger partial charge in [-0.2, -0.15) is 5.06 Å². The van der Waals surface area contributed by atoms with Gasteiger partial charge in [-0.3, -0.25) is 14.4 Å². The lowest BCUT2D eigenvalue weighted by atomic mass is 9.79. The van der Waals surface area contributed by atoms with Crippen LogP contribution in [0.5, 0.6) is 0 Å². The second kappa shape index (κ2) is 8.38. The molecule has 1 aromatic carbocycles. The summed E-state index contributed by atoms with van der Waals surface area (Å²) in [6, 6.07) is 4.09. The average molecular weight is 417 g/mol. The molecule has 0 aromatic heterocycles. The van der Waals surface area contributed by atoms with Crippen LogP contribution in [-0.2, 0) is 24.0 Å². The summed E-state index contributed by atoms with van der Waals surface area (Å²) in [6.45, 7) is 8.92. The zero-order valence-electron chi connectivity index (χ0n) is 18.4. The molecule has 2 unspecified atom stereocenters. The van der Waals surface area contributed by atoms with Crippen LogP contribution in [-0.4, -0.2) is 67.4 Å². The van der Waals surface area contributed by atoms with Crippen LogP contribution in [0.25, 0.3) is 0 Å². The standard InChI is InChI=1S/C23H32N2O5/c1-15-11-16(2)19(17(3)12-15)20-21(26)23(6-8-24(28-4)9-7-23)25(22(20)27)30-14-18-5-10-29-13-18/h11-12,18,20H,5-10,13-14H2,1-4H3. The second-order valence-electron chi connectivity index (χ2n) is 8.91. The van der Waals surface area contributed by atoms with Gasteiger partial charge in [-0.15, -0.1) is 0 Å². The first-order chi connectivity index (χ1) is 14.4. The van der Waals surface area contributed by atoms with Crippen LogP contribution in [0.2, 0.25) is 0 Å². The molecule has 1 spiro atoms. The summed E-state index contributed by atoms with van der Waals surface area (Å²) >= 11 is 0. The molecule has 164 valence electrons. The molecule has 3 heterocycles. The van der Waals surface area contributed by atoms with Gasteiger partial charge < -0.3 is 9.57 Å². The Morgan fingerprint density at radius 1 is 1.13 bits per heavy atom. The molecule has 0 radical (unpaired) electrons. The lowest BCUT2D eigenvalue weighted by Crippen LogP contribution is -2.56. The molecule has 7 nitrogen and oxygen atoms in total. The Kier molecular flexibility index (Phi) is 5.99. The van der Waals surface area contributed by atoms with Crippen molar-refractivity contribution in [3.05, 3.63) is 34.4 Å². The average Bonchev–Trinajstić information content (AvgIpc) is 3.29. The third kappa shape index (κ3) is 3.58. The van der Waals surface area contributed by atoms with Crippen molar-refractivity contribution in [1.82, 2.24) is 10.1 Å². The van der Waals surface area contributed by atoms with E-state index in [4.69, 9.17) is 14.4 Å². The van der Waals surface area contributed by atoms with Crippen LogP contribution in [0.15, 0.2) is 12.1 Å². The number of hydrogen-bond acceptors (Lipinski definition) is 6. The highest BCUT2D eigenvalue weighted by Crippen LogP contribution is 2.45. The third-order valence-electron chi connectivity index (χ3n) is 6.85. The fourth-order valence-corrected chi connectivity index (χ4v) is 5.28. The first-order valence-corrected chi connectivity index (χ1v) is 10.8. The Morgan fingerprint density at radius 3 is 2.37 bits per heavy atom. The number of aryl methyl sites for hydroxylation is 3. The number of benzene rings is 1. The van der Waals surface area contributed by atoms with E-state index in [1.54, 1.807) is 7.11 Å². The van der Waals surface area contributed by atoms with E-state index in [1.165, 1.54) is 5.06 Å². The van der Waals surface area contributed by atoms with Crippen LogP contribution >= 0.6 is 0 Å². The molecule has 2 atom stereocenters. The van der Waals surface area contributed by atoms with Gasteiger partial charge in [0.25, 0.3) is 5.91 Å². The SMILES string of the molecule is CON1CCC2(CC1)C(=O)C(c1c(C)cc(C)cc1C)C(=O)N2OCC1CCOC1. The maximum atomic E-state index is 13.9. The Hall–Kier alpha value is -1.80. The zero-order chi connectivity index (χ0) is 21.5. The van der Waals surface area contributed by atoms with Crippen molar-refractivity contribution >= 4 is 11.7 Å². The van der Waals surface area contributed by atoms with Crippen molar-refractivity contribution in [1.29, 1.82) is 0 Å². The molecule has 0 saturated carbocycles. The van der Waals surface area contributed by atoms with Gasteiger partial charge in [-0.1, -0.05) is 17.7 Å². The molecule has 0 bridgehead atoms. The van der Waals surface area contributed by atoms with E-state index in [9.17, 15) is 9.59 Å². The summed E-state index contributed by atoms with van der Waals surface area (Å²) in [4.78, 5) is 39.0. The van der Waals surface area contributed by atoms with Crippen molar-refractivity contribution in [2.45, 2.75) is 51.5 Å². The topological polar surface area (TPSA) is 68.3 Å². The van der Waals surface area contributed by atoms with Crippen LogP contribution in [0.3, 0.4) is 0 Å². The van der Waals surface area contributed by atoms with Crippen LogP contribution < -0.4 is 0 Å². The number of piperidine rings is 1. The molecular weight excluding hydrogens is 384 g/mol. The summed E-state index contributed by atoms with van der Waals surface area (Å²) in [6.07, 6.45) is 1.93. The summed E-state index contributed by atoms with van der Waals surface area (Å²) in [5, 5.41) is 3.27. The van der Waals surface area contributed by atoms with Gasteiger partial charge in [-0.25, -0.2) is 5.06 Å². The summed E-state index contributed by atoms with van der Waals surface area (Å²) in [5.74, 6) is -0.828.